The summed E-state index contributed by atoms with van der Waals surface area (Å²) in [6.07, 6.45) is 3.82. The molecule has 0 aliphatic heterocycles. The van der Waals surface area contributed by atoms with Crippen molar-refractivity contribution in [3.63, 3.8) is 0 Å². The van der Waals surface area contributed by atoms with Crippen LogP contribution in [0, 0.1) is 13.3 Å². The van der Waals surface area contributed by atoms with Gasteiger partial charge in [0, 0.05) is 5.38 Å². The number of hydrogen-bond acceptors (Lipinski definition) is 1. The average molecular weight is 373 g/mol. The summed E-state index contributed by atoms with van der Waals surface area (Å²) >= 11 is 7.71. The first kappa shape index (κ1) is 27.7. The van der Waals surface area contributed by atoms with Crippen LogP contribution in [0.25, 0.3) is 15.4 Å². The van der Waals surface area contributed by atoms with E-state index in [2.05, 4.69) is 15.4 Å². The molecule has 1 saturated carbocycles. The summed E-state index contributed by atoms with van der Waals surface area (Å²) in [6, 6.07) is 0. The monoisotopic (exact) mass is 371 g/mol. The van der Waals surface area contributed by atoms with E-state index in [1.807, 2.05) is 7.05 Å². The molecule has 0 N–H and O–H groups in total. The first-order valence-corrected chi connectivity index (χ1v) is 6.86. The summed E-state index contributed by atoms with van der Waals surface area (Å²) in [5, 5.41) is 7.43. The molecule has 1 rings (SSSR count). The van der Waals surface area contributed by atoms with Gasteiger partial charge in [0.15, 0.2) is 0 Å². The van der Waals surface area contributed by atoms with Gasteiger partial charge in [-0.1, -0.05) is 6.42 Å². The minimum absolute atomic E-state index is 0. The van der Waals surface area contributed by atoms with Gasteiger partial charge in [-0.3, -0.25) is 11.9 Å². The molecule has 18 heavy (non-hydrogen) atoms. The standard InChI is InChI=1S/C7H13ClNS.2C2H6N.CH3.Zr/c1-9-10-5-6-3-2-4-7(6)8;2*1-3-2;;/h6-7H,2-5H2,1H3;2*1-2H3;1H3;/q4*-1;+4/t6-,7?;;;;/m0..../s1. The number of rotatable bonds is 3. The Labute approximate surface area is 143 Å². The second-order valence-electron chi connectivity index (χ2n) is 3.58. The Hall–Kier alpha value is 1.40. The fourth-order valence-corrected chi connectivity index (χ4v) is 2.56. The Kier molecular flexibility index (Phi) is 36.1. The van der Waals surface area contributed by atoms with Crippen LogP contribution < -0.4 is 0 Å². The molecular formula is C12H28ClN3SZr. The minimum Gasteiger partial charge on any atom is -0.668 e. The zero-order valence-electron chi connectivity index (χ0n) is 12.6. The third-order valence-electron chi connectivity index (χ3n) is 1.98. The van der Waals surface area contributed by atoms with Crippen molar-refractivity contribution >= 4 is 23.5 Å². The Bertz CT molecular complexity index is 132. The molecule has 0 radical (unpaired) electrons. The van der Waals surface area contributed by atoms with Gasteiger partial charge in [0.05, 0.1) is 0 Å². The van der Waals surface area contributed by atoms with Crippen molar-refractivity contribution in [2.75, 3.05) is 41.0 Å². The van der Waals surface area contributed by atoms with E-state index in [0.29, 0.717) is 5.38 Å². The molecule has 108 valence electrons. The largest absolute Gasteiger partial charge is 4.00 e. The van der Waals surface area contributed by atoms with Crippen molar-refractivity contribution in [3.8, 4) is 0 Å². The molecule has 1 aliphatic rings. The molecule has 2 atom stereocenters. The number of hydrogen-bond donors (Lipinski definition) is 0. The second-order valence-corrected chi connectivity index (χ2v) is 5.10. The van der Waals surface area contributed by atoms with Crippen molar-refractivity contribution in [3.05, 3.63) is 22.8 Å². The maximum Gasteiger partial charge on any atom is 4.00 e. The van der Waals surface area contributed by atoms with E-state index >= 15 is 0 Å². The van der Waals surface area contributed by atoms with Crippen LogP contribution in [0.2, 0.25) is 0 Å². The van der Waals surface area contributed by atoms with Gasteiger partial charge in [0.25, 0.3) is 0 Å². The Morgan fingerprint density at radius 1 is 1.06 bits per heavy atom. The first-order valence-electron chi connectivity index (χ1n) is 5.48. The molecule has 0 aromatic heterocycles. The predicted molar refractivity (Wildman–Crippen MR) is 85.6 cm³/mol. The van der Waals surface area contributed by atoms with Crippen molar-refractivity contribution in [1.82, 2.24) is 0 Å². The van der Waals surface area contributed by atoms with Crippen molar-refractivity contribution < 1.29 is 26.2 Å². The third kappa shape index (κ3) is 19.7. The van der Waals surface area contributed by atoms with Crippen molar-refractivity contribution in [2.24, 2.45) is 5.92 Å². The maximum absolute atomic E-state index is 6.06. The van der Waals surface area contributed by atoms with Gasteiger partial charge >= 0.3 is 26.2 Å². The normalized spacial score (nSPS) is 20.3. The fourth-order valence-electron chi connectivity index (χ4n) is 1.35. The van der Waals surface area contributed by atoms with Crippen LogP contribution in [0.1, 0.15) is 19.3 Å². The van der Waals surface area contributed by atoms with Crippen LogP contribution in [0.4, 0.5) is 0 Å². The van der Waals surface area contributed by atoms with E-state index in [0.717, 1.165) is 11.7 Å². The topological polar surface area (TPSA) is 42.3 Å². The number of nitrogens with zero attached hydrogens (tertiary/aromatic N) is 3. The SMILES string of the molecule is C[N-]C.C[N-]C.C[N-]SC[C@@H]1CCCC1Cl.[CH3-].[Zr+4]. The second kappa shape index (κ2) is 23.5. The summed E-state index contributed by atoms with van der Waals surface area (Å²) < 4.78 is 3.99. The van der Waals surface area contributed by atoms with Crippen LogP contribution >= 0.6 is 23.5 Å². The van der Waals surface area contributed by atoms with E-state index in [-0.39, 0.29) is 33.6 Å². The quantitative estimate of drug-likeness (QED) is 0.401. The molecule has 0 aromatic carbocycles. The number of halogens is 1. The van der Waals surface area contributed by atoms with Gasteiger partial charge < -0.3 is 22.8 Å². The molecule has 0 aromatic rings. The van der Waals surface area contributed by atoms with Crippen molar-refractivity contribution in [1.29, 1.82) is 0 Å². The summed E-state index contributed by atoms with van der Waals surface area (Å²) in [6.45, 7) is 0. The number of alkyl halides is 1. The molecule has 0 heterocycles. The van der Waals surface area contributed by atoms with Crippen LogP contribution in [0.5, 0.6) is 0 Å². The molecule has 1 fully saturated rings. The molecule has 3 nitrogen and oxygen atoms in total. The summed E-state index contributed by atoms with van der Waals surface area (Å²) in [7, 11) is 8.84. The predicted octanol–water partition coefficient (Wildman–Crippen LogP) is 4.73. The van der Waals surface area contributed by atoms with Crippen LogP contribution in [-0.2, 0) is 26.2 Å². The fraction of sp³-hybridized carbons (Fsp3) is 0.917. The molecule has 0 saturated heterocycles. The van der Waals surface area contributed by atoms with E-state index in [4.69, 9.17) is 11.6 Å². The minimum atomic E-state index is 0. The molecule has 0 bridgehead atoms. The molecule has 6 heteroatoms. The first-order chi connectivity index (χ1) is 7.67. The molecule has 0 spiro atoms. The van der Waals surface area contributed by atoms with Gasteiger partial charge in [-0.15, -0.1) is 11.6 Å². The van der Waals surface area contributed by atoms with Gasteiger partial charge in [0.2, 0.25) is 0 Å². The zero-order chi connectivity index (χ0) is 12.8. The van der Waals surface area contributed by atoms with E-state index in [9.17, 15) is 0 Å². The summed E-state index contributed by atoms with van der Waals surface area (Å²) in [5.74, 6) is 1.83. The molecule has 0 amide bonds. The molecular weight excluding hydrogens is 345 g/mol. The van der Waals surface area contributed by atoms with Crippen LogP contribution in [-0.4, -0.2) is 46.4 Å². The van der Waals surface area contributed by atoms with Gasteiger partial charge in [-0.25, -0.2) is 0 Å². The Balaban J connectivity index is -0.000000106. The Morgan fingerprint density at radius 2 is 1.50 bits per heavy atom. The van der Waals surface area contributed by atoms with Gasteiger partial charge in [-0.05, 0) is 24.5 Å². The van der Waals surface area contributed by atoms with E-state index < -0.39 is 0 Å². The zero-order valence-corrected chi connectivity index (χ0v) is 16.6. The Morgan fingerprint density at radius 3 is 1.78 bits per heavy atom. The van der Waals surface area contributed by atoms with Gasteiger partial charge in [-0.2, -0.15) is 35.2 Å². The van der Waals surface area contributed by atoms with Gasteiger partial charge in [0.1, 0.15) is 0 Å². The van der Waals surface area contributed by atoms with Crippen LogP contribution in [0.15, 0.2) is 0 Å². The smallest absolute Gasteiger partial charge is 0.668 e. The summed E-state index contributed by atoms with van der Waals surface area (Å²) in [5.41, 5.74) is 0. The van der Waals surface area contributed by atoms with Crippen molar-refractivity contribution in [2.45, 2.75) is 24.6 Å². The van der Waals surface area contributed by atoms with Crippen LogP contribution in [0.3, 0.4) is 0 Å². The van der Waals surface area contributed by atoms with E-state index in [1.54, 1.807) is 40.1 Å². The maximum atomic E-state index is 6.06. The average Bonchev–Trinajstić information content (AvgIpc) is 2.63. The summed E-state index contributed by atoms with van der Waals surface area (Å²) in [4.78, 5) is 0. The third-order valence-corrected chi connectivity index (χ3v) is 3.39. The molecule has 1 aliphatic carbocycles. The van der Waals surface area contributed by atoms with E-state index in [1.165, 1.54) is 19.3 Å². The molecule has 1 unspecified atom stereocenters.